The number of hydrogen-bond donors (Lipinski definition) is 1. The normalized spacial score (nSPS) is 10.4. The van der Waals surface area contributed by atoms with Crippen molar-refractivity contribution < 1.29 is 19.0 Å². The molecule has 8 nitrogen and oxygen atoms in total. The lowest BCUT2D eigenvalue weighted by molar-refractivity contribution is 0.0953. The number of rotatable bonds is 8. The second-order valence-electron chi connectivity index (χ2n) is 6.41. The molecular weight excluding hydrogens is 384 g/mol. The van der Waals surface area contributed by atoms with Gasteiger partial charge in [0.05, 0.1) is 32.7 Å². The molecular formula is C22H24N4O4. The molecule has 0 fully saturated rings. The number of amides is 1. The Labute approximate surface area is 175 Å². The average molecular weight is 408 g/mol. The number of pyridine rings is 1. The van der Waals surface area contributed by atoms with Crippen LogP contribution in [-0.2, 0) is 6.42 Å². The Bertz CT molecular complexity index is 1000. The number of aryl methyl sites for hydroxylation is 1. The third kappa shape index (κ3) is 4.65. The van der Waals surface area contributed by atoms with Gasteiger partial charge < -0.3 is 19.5 Å². The standard InChI is InChI=1S/C22H24N4O4/c1-14-25-13-16(17-7-5-6-9-23-17)18(26-14)8-10-24-22(27)15-11-19(28-2)21(30-4)20(12-15)29-3/h5-7,9,11-13H,8,10H2,1-4H3,(H,24,27). The van der Waals surface area contributed by atoms with E-state index in [1.165, 1.54) is 21.3 Å². The van der Waals surface area contributed by atoms with Gasteiger partial charge in [0.2, 0.25) is 5.75 Å². The number of aromatic nitrogens is 3. The van der Waals surface area contributed by atoms with E-state index in [0.717, 1.165) is 17.0 Å². The summed E-state index contributed by atoms with van der Waals surface area (Å²) in [6.07, 6.45) is 4.03. The first kappa shape index (κ1) is 21.0. The summed E-state index contributed by atoms with van der Waals surface area (Å²) in [5.41, 5.74) is 2.88. The highest BCUT2D eigenvalue weighted by Gasteiger charge is 2.17. The summed E-state index contributed by atoms with van der Waals surface area (Å²) in [7, 11) is 4.54. The molecule has 0 bridgehead atoms. The van der Waals surface area contributed by atoms with Crippen LogP contribution in [0.3, 0.4) is 0 Å². The lowest BCUT2D eigenvalue weighted by Gasteiger charge is -2.14. The van der Waals surface area contributed by atoms with Crippen molar-refractivity contribution in [3.05, 3.63) is 59.8 Å². The highest BCUT2D eigenvalue weighted by atomic mass is 16.5. The zero-order valence-electron chi connectivity index (χ0n) is 17.4. The zero-order chi connectivity index (χ0) is 21.5. The van der Waals surface area contributed by atoms with Crippen LogP contribution in [0.25, 0.3) is 11.3 Å². The van der Waals surface area contributed by atoms with E-state index >= 15 is 0 Å². The van der Waals surface area contributed by atoms with Gasteiger partial charge in [0.1, 0.15) is 5.82 Å². The van der Waals surface area contributed by atoms with Crippen LogP contribution in [0.1, 0.15) is 21.9 Å². The molecule has 1 N–H and O–H groups in total. The molecule has 0 saturated heterocycles. The molecule has 1 aromatic carbocycles. The van der Waals surface area contributed by atoms with E-state index in [1.54, 1.807) is 24.5 Å². The molecule has 0 aliphatic carbocycles. The molecule has 0 unspecified atom stereocenters. The van der Waals surface area contributed by atoms with Gasteiger partial charge in [-0.1, -0.05) is 6.07 Å². The van der Waals surface area contributed by atoms with Gasteiger partial charge in [-0.15, -0.1) is 0 Å². The van der Waals surface area contributed by atoms with Gasteiger partial charge >= 0.3 is 0 Å². The lowest BCUT2D eigenvalue weighted by Crippen LogP contribution is -2.26. The van der Waals surface area contributed by atoms with Crippen LogP contribution >= 0.6 is 0 Å². The SMILES string of the molecule is COc1cc(C(=O)NCCc2nc(C)ncc2-c2ccccn2)cc(OC)c1OC. The van der Waals surface area contributed by atoms with Gasteiger partial charge in [0.25, 0.3) is 5.91 Å². The molecule has 2 aromatic heterocycles. The molecule has 0 radical (unpaired) electrons. The Balaban J connectivity index is 1.75. The lowest BCUT2D eigenvalue weighted by atomic mass is 10.1. The van der Waals surface area contributed by atoms with Gasteiger partial charge in [-0.2, -0.15) is 0 Å². The maximum atomic E-state index is 12.7. The zero-order valence-corrected chi connectivity index (χ0v) is 17.4. The fourth-order valence-electron chi connectivity index (χ4n) is 3.05. The van der Waals surface area contributed by atoms with E-state index in [9.17, 15) is 4.79 Å². The second-order valence-corrected chi connectivity index (χ2v) is 6.41. The monoisotopic (exact) mass is 408 g/mol. The molecule has 0 spiro atoms. The predicted molar refractivity (Wildman–Crippen MR) is 112 cm³/mol. The number of carbonyl (C=O) groups excluding carboxylic acids is 1. The number of benzene rings is 1. The van der Waals surface area contributed by atoms with Crippen molar-refractivity contribution in [2.24, 2.45) is 0 Å². The molecule has 3 rings (SSSR count). The van der Waals surface area contributed by atoms with Gasteiger partial charge in [-0.3, -0.25) is 9.78 Å². The first-order valence-corrected chi connectivity index (χ1v) is 9.39. The first-order valence-electron chi connectivity index (χ1n) is 9.39. The fraction of sp³-hybridized carbons (Fsp3) is 0.273. The summed E-state index contributed by atoms with van der Waals surface area (Å²) < 4.78 is 15.9. The van der Waals surface area contributed by atoms with Crippen molar-refractivity contribution in [2.75, 3.05) is 27.9 Å². The molecule has 2 heterocycles. The summed E-state index contributed by atoms with van der Waals surface area (Å²) in [6.45, 7) is 2.23. The maximum absolute atomic E-state index is 12.7. The highest BCUT2D eigenvalue weighted by Crippen LogP contribution is 2.38. The van der Waals surface area contributed by atoms with Crippen molar-refractivity contribution in [3.63, 3.8) is 0 Å². The molecule has 0 saturated carbocycles. The second kappa shape index (κ2) is 9.69. The summed E-state index contributed by atoms with van der Waals surface area (Å²) in [6, 6.07) is 8.91. The minimum absolute atomic E-state index is 0.251. The minimum Gasteiger partial charge on any atom is -0.493 e. The van der Waals surface area contributed by atoms with Crippen molar-refractivity contribution in [1.29, 1.82) is 0 Å². The molecule has 0 aliphatic heterocycles. The Morgan fingerprint density at radius 1 is 1.03 bits per heavy atom. The number of methoxy groups -OCH3 is 3. The highest BCUT2D eigenvalue weighted by molar-refractivity contribution is 5.95. The summed E-state index contributed by atoms with van der Waals surface area (Å²) in [4.78, 5) is 25.9. The van der Waals surface area contributed by atoms with Gasteiger partial charge in [-0.05, 0) is 31.2 Å². The third-order valence-electron chi connectivity index (χ3n) is 4.50. The molecule has 30 heavy (non-hydrogen) atoms. The summed E-state index contributed by atoms with van der Waals surface area (Å²) in [5.74, 6) is 1.70. The van der Waals surface area contributed by atoms with E-state index in [4.69, 9.17) is 14.2 Å². The fourth-order valence-corrected chi connectivity index (χ4v) is 3.05. The number of carbonyl (C=O) groups is 1. The van der Waals surface area contributed by atoms with E-state index < -0.39 is 0 Å². The largest absolute Gasteiger partial charge is 0.493 e. The van der Waals surface area contributed by atoms with E-state index in [-0.39, 0.29) is 5.91 Å². The smallest absolute Gasteiger partial charge is 0.251 e. The molecule has 1 amide bonds. The van der Waals surface area contributed by atoms with Crippen LogP contribution in [0.2, 0.25) is 0 Å². The topological polar surface area (TPSA) is 95.5 Å². The number of nitrogens with one attached hydrogen (secondary N) is 1. The predicted octanol–water partition coefficient (Wildman–Crippen LogP) is 2.85. The van der Waals surface area contributed by atoms with Crippen molar-refractivity contribution in [3.8, 4) is 28.5 Å². The van der Waals surface area contributed by atoms with Crippen LogP contribution in [0, 0.1) is 6.92 Å². The van der Waals surface area contributed by atoms with E-state index in [2.05, 4.69) is 20.3 Å². The molecule has 0 aliphatic rings. The molecule has 3 aromatic rings. The Hall–Kier alpha value is -3.68. The number of ether oxygens (including phenoxy) is 3. The van der Waals surface area contributed by atoms with Crippen molar-refractivity contribution in [2.45, 2.75) is 13.3 Å². The van der Waals surface area contributed by atoms with E-state index in [1.807, 2.05) is 25.1 Å². The molecule has 156 valence electrons. The first-order chi connectivity index (χ1) is 14.6. The number of nitrogens with zero attached hydrogens (tertiary/aromatic N) is 3. The van der Waals surface area contributed by atoms with Crippen LogP contribution in [0.4, 0.5) is 0 Å². The van der Waals surface area contributed by atoms with Gasteiger partial charge in [-0.25, -0.2) is 9.97 Å². The van der Waals surface area contributed by atoms with Gasteiger partial charge in [0.15, 0.2) is 11.5 Å². The minimum atomic E-state index is -0.251. The van der Waals surface area contributed by atoms with E-state index in [0.29, 0.717) is 41.6 Å². The Kier molecular flexibility index (Phi) is 6.79. The Morgan fingerprint density at radius 2 is 1.77 bits per heavy atom. The summed E-state index contributed by atoms with van der Waals surface area (Å²) >= 11 is 0. The third-order valence-corrected chi connectivity index (χ3v) is 4.50. The van der Waals surface area contributed by atoms with Crippen molar-refractivity contribution >= 4 is 5.91 Å². The Morgan fingerprint density at radius 3 is 2.37 bits per heavy atom. The maximum Gasteiger partial charge on any atom is 0.251 e. The number of hydrogen-bond acceptors (Lipinski definition) is 7. The summed E-state index contributed by atoms with van der Waals surface area (Å²) in [5, 5.41) is 2.91. The average Bonchev–Trinajstić information content (AvgIpc) is 2.78. The quantitative estimate of drug-likeness (QED) is 0.612. The van der Waals surface area contributed by atoms with Crippen molar-refractivity contribution in [1.82, 2.24) is 20.3 Å². The van der Waals surface area contributed by atoms with Crippen LogP contribution in [0.15, 0.2) is 42.7 Å². The van der Waals surface area contributed by atoms with Crippen LogP contribution in [-0.4, -0.2) is 48.7 Å². The van der Waals surface area contributed by atoms with Crippen LogP contribution in [0.5, 0.6) is 17.2 Å². The molecule has 8 heteroatoms. The van der Waals surface area contributed by atoms with Crippen LogP contribution < -0.4 is 19.5 Å². The van der Waals surface area contributed by atoms with Gasteiger partial charge in [0, 0.05) is 36.5 Å². The molecule has 0 atom stereocenters.